The van der Waals surface area contributed by atoms with E-state index in [2.05, 4.69) is 16.6 Å². The smallest absolute Gasteiger partial charge is 0.307 e. The zero-order chi connectivity index (χ0) is 18.2. The van der Waals surface area contributed by atoms with Crippen LogP contribution in [0.2, 0.25) is 0 Å². The van der Waals surface area contributed by atoms with Crippen molar-refractivity contribution in [1.82, 2.24) is 10.0 Å². The van der Waals surface area contributed by atoms with Crippen LogP contribution in [0.4, 0.5) is 0 Å². The van der Waals surface area contributed by atoms with E-state index in [9.17, 15) is 18.0 Å². The topological polar surface area (TPSA) is 102 Å². The fourth-order valence-electron chi connectivity index (χ4n) is 1.71. The average molecular weight is 354 g/mol. The lowest BCUT2D eigenvalue weighted by Gasteiger charge is -2.13. The van der Waals surface area contributed by atoms with Gasteiger partial charge in [0.1, 0.15) is 0 Å². The van der Waals surface area contributed by atoms with Gasteiger partial charge in [0.2, 0.25) is 10.0 Å². The maximum Gasteiger partial charge on any atom is 0.307 e. The molecule has 1 amide bonds. The fraction of sp³-hybridized carbons (Fsp3) is 0.375. The van der Waals surface area contributed by atoms with Crippen molar-refractivity contribution in [3.63, 3.8) is 0 Å². The van der Waals surface area contributed by atoms with Crippen molar-refractivity contribution < 1.29 is 22.7 Å². The number of sulfonamides is 1. The number of benzene rings is 1. The van der Waals surface area contributed by atoms with Crippen LogP contribution in [0.25, 0.3) is 0 Å². The molecule has 2 N–H and O–H groups in total. The minimum absolute atomic E-state index is 0.115. The highest BCUT2D eigenvalue weighted by molar-refractivity contribution is 7.89. The van der Waals surface area contributed by atoms with Crippen LogP contribution in [0.1, 0.15) is 18.9 Å². The second-order valence-corrected chi connectivity index (χ2v) is 6.89. The normalized spacial score (nSPS) is 12.2. The maximum absolute atomic E-state index is 12.0. The van der Waals surface area contributed by atoms with Crippen molar-refractivity contribution in [3.05, 3.63) is 42.5 Å². The van der Waals surface area contributed by atoms with Crippen molar-refractivity contribution in [3.8, 4) is 0 Å². The summed E-state index contributed by atoms with van der Waals surface area (Å²) in [7, 11) is -3.68. The lowest BCUT2D eigenvalue weighted by Crippen LogP contribution is -2.36. The first kappa shape index (κ1) is 19.9. The van der Waals surface area contributed by atoms with E-state index in [4.69, 9.17) is 4.74 Å². The molecule has 0 spiro atoms. The predicted octanol–water partition coefficient (Wildman–Crippen LogP) is 0.897. The third-order valence-electron chi connectivity index (χ3n) is 3.05. The molecule has 0 fully saturated rings. The van der Waals surface area contributed by atoms with Crippen molar-refractivity contribution >= 4 is 21.9 Å². The van der Waals surface area contributed by atoms with Gasteiger partial charge in [0.05, 0.1) is 11.3 Å². The minimum Gasteiger partial charge on any atom is -0.453 e. The number of hydrogen-bond acceptors (Lipinski definition) is 5. The van der Waals surface area contributed by atoms with Crippen LogP contribution in [-0.2, 0) is 24.3 Å². The van der Waals surface area contributed by atoms with E-state index in [1.54, 1.807) is 12.1 Å². The zero-order valence-corrected chi connectivity index (χ0v) is 14.6. The molecule has 0 unspecified atom stereocenters. The molecular formula is C16H22N2O5S. The number of rotatable bonds is 9. The van der Waals surface area contributed by atoms with Crippen molar-refractivity contribution in [2.24, 2.45) is 0 Å². The standard InChI is InChI=1S/C16H22N2O5S/c1-4-10-17-16(20)13(3)23-15(19)9-11-18-24(21,22)14-7-5-12(2)6-8-14/h4-8,13,18H,1,9-11H2,2-3H3,(H,17,20)/t13-/m1/s1. The highest BCUT2D eigenvalue weighted by Crippen LogP contribution is 2.09. The molecule has 0 aliphatic carbocycles. The number of esters is 1. The molecule has 132 valence electrons. The minimum atomic E-state index is -3.68. The van der Waals surface area contributed by atoms with Gasteiger partial charge in [-0.2, -0.15) is 0 Å². The number of amides is 1. The molecule has 0 saturated heterocycles. The Kier molecular flexibility index (Phi) is 7.60. The Morgan fingerprint density at radius 3 is 2.50 bits per heavy atom. The van der Waals surface area contributed by atoms with Gasteiger partial charge in [-0.05, 0) is 26.0 Å². The molecule has 0 bridgehead atoms. The van der Waals surface area contributed by atoms with Crippen LogP contribution >= 0.6 is 0 Å². The molecule has 1 rings (SSSR count). The lowest BCUT2D eigenvalue weighted by molar-refractivity contribution is -0.154. The van der Waals surface area contributed by atoms with E-state index in [0.717, 1.165) is 5.56 Å². The molecule has 0 heterocycles. The monoisotopic (exact) mass is 354 g/mol. The number of nitrogens with one attached hydrogen (secondary N) is 2. The van der Waals surface area contributed by atoms with Crippen LogP contribution in [0.15, 0.2) is 41.8 Å². The Morgan fingerprint density at radius 2 is 1.92 bits per heavy atom. The number of aryl methyl sites for hydroxylation is 1. The second-order valence-electron chi connectivity index (χ2n) is 5.13. The SMILES string of the molecule is C=CCNC(=O)[C@@H](C)OC(=O)CCNS(=O)(=O)c1ccc(C)cc1. The summed E-state index contributed by atoms with van der Waals surface area (Å²) in [6.45, 7) is 6.91. The van der Waals surface area contributed by atoms with Crippen LogP contribution in [0.5, 0.6) is 0 Å². The van der Waals surface area contributed by atoms with E-state index in [0.29, 0.717) is 0 Å². The number of ether oxygens (including phenoxy) is 1. The van der Waals surface area contributed by atoms with E-state index >= 15 is 0 Å². The lowest BCUT2D eigenvalue weighted by atomic mass is 10.2. The number of carbonyl (C=O) groups is 2. The molecule has 0 aliphatic rings. The van der Waals surface area contributed by atoms with Crippen molar-refractivity contribution in [1.29, 1.82) is 0 Å². The highest BCUT2D eigenvalue weighted by atomic mass is 32.2. The first-order valence-electron chi connectivity index (χ1n) is 7.40. The van der Waals surface area contributed by atoms with E-state index in [1.165, 1.54) is 25.1 Å². The molecule has 7 nitrogen and oxygen atoms in total. The molecule has 24 heavy (non-hydrogen) atoms. The van der Waals surface area contributed by atoms with E-state index in [1.807, 2.05) is 6.92 Å². The van der Waals surface area contributed by atoms with Crippen LogP contribution in [-0.4, -0.2) is 39.5 Å². The summed E-state index contributed by atoms with van der Waals surface area (Å²) >= 11 is 0. The molecular weight excluding hydrogens is 332 g/mol. The van der Waals surface area contributed by atoms with Crippen LogP contribution < -0.4 is 10.0 Å². The van der Waals surface area contributed by atoms with Gasteiger partial charge in [-0.1, -0.05) is 23.8 Å². The van der Waals surface area contributed by atoms with Crippen molar-refractivity contribution in [2.45, 2.75) is 31.3 Å². The van der Waals surface area contributed by atoms with Gasteiger partial charge in [0.25, 0.3) is 5.91 Å². The van der Waals surface area contributed by atoms with E-state index < -0.39 is 28.0 Å². The highest BCUT2D eigenvalue weighted by Gasteiger charge is 2.18. The molecule has 0 aromatic heterocycles. The summed E-state index contributed by atoms with van der Waals surface area (Å²) < 4.78 is 31.3. The Bertz CT molecular complexity index is 683. The number of carbonyl (C=O) groups excluding carboxylic acids is 2. The zero-order valence-electron chi connectivity index (χ0n) is 13.7. The molecule has 1 aromatic rings. The largest absolute Gasteiger partial charge is 0.453 e. The third-order valence-corrected chi connectivity index (χ3v) is 4.53. The van der Waals surface area contributed by atoms with Gasteiger partial charge in [-0.25, -0.2) is 13.1 Å². The molecule has 1 atom stereocenters. The first-order valence-corrected chi connectivity index (χ1v) is 8.89. The molecule has 8 heteroatoms. The summed E-state index contributed by atoms with van der Waals surface area (Å²) in [6.07, 6.45) is 0.377. The van der Waals surface area contributed by atoms with Gasteiger partial charge in [-0.3, -0.25) is 9.59 Å². The number of hydrogen-bond donors (Lipinski definition) is 2. The third kappa shape index (κ3) is 6.51. The Hall–Kier alpha value is -2.19. The second kappa shape index (κ2) is 9.19. The summed E-state index contributed by atoms with van der Waals surface area (Å²) in [4.78, 5) is 23.3. The average Bonchev–Trinajstić information content (AvgIpc) is 2.52. The maximum atomic E-state index is 12.0. The first-order chi connectivity index (χ1) is 11.3. The van der Waals surface area contributed by atoms with Gasteiger partial charge in [-0.15, -0.1) is 6.58 Å². The molecule has 0 saturated carbocycles. The fourth-order valence-corrected chi connectivity index (χ4v) is 2.75. The Labute approximate surface area is 142 Å². The van der Waals surface area contributed by atoms with Gasteiger partial charge in [0.15, 0.2) is 6.10 Å². The Balaban J connectivity index is 2.43. The van der Waals surface area contributed by atoms with Crippen LogP contribution in [0.3, 0.4) is 0 Å². The molecule has 0 aliphatic heterocycles. The van der Waals surface area contributed by atoms with E-state index in [-0.39, 0.29) is 24.4 Å². The van der Waals surface area contributed by atoms with Crippen LogP contribution in [0, 0.1) is 6.92 Å². The summed E-state index contributed by atoms with van der Waals surface area (Å²) in [5.74, 6) is -1.11. The Morgan fingerprint density at radius 1 is 1.29 bits per heavy atom. The van der Waals surface area contributed by atoms with Gasteiger partial charge in [0, 0.05) is 13.1 Å². The van der Waals surface area contributed by atoms with Gasteiger partial charge < -0.3 is 10.1 Å². The molecule has 0 radical (unpaired) electrons. The van der Waals surface area contributed by atoms with Gasteiger partial charge >= 0.3 is 5.97 Å². The molecule has 1 aromatic carbocycles. The summed E-state index contributed by atoms with van der Waals surface area (Å²) in [5, 5.41) is 2.50. The quantitative estimate of drug-likeness (QED) is 0.507. The van der Waals surface area contributed by atoms with Crippen molar-refractivity contribution in [2.75, 3.05) is 13.1 Å². The predicted molar refractivity (Wildman–Crippen MR) is 89.7 cm³/mol. The summed E-state index contributed by atoms with van der Waals surface area (Å²) in [6, 6.07) is 6.35. The summed E-state index contributed by atoms with van der Waals surface area (Å²) in [5.41, 5.74) is 0.946.